The van der Waals surface area contributed by atoms with Gasteiger partial charge < -0.3 is 20.1 Å². The van der Waals surface area contributed by atoms with Gasteiger partial charge in [0.25, 0.3) is 11.6 Å². The van der Waals surface area contributed by atoms with E-state index in [9.17, 15) is 14.9 Å². The SMILES string of the molecule is COc1ccc(Oc2ccc([N+](=O)[O-])cc2C(=O)NC2CCCNC2C)cc1. The Balaban J connectivity index is 1.86. The number of ether oxygens (including phenoxy) is 2. The van der Waals surface area contributed by atoms with Crippen LogP contribution in [0.2, 0.25) is 0 Å². The number of benzene rings is 2. The maximum Gasteiger partial charge on any atom is 0.270 e. The van der Waals surface area contributed by atoms with Gasteiger partial charge >= 0.3 is 0 Å². The Bertz CT molecular complexity index is 853. The molecule has 2 aromatic rings. The largest absolute Gasteiger partial charge is 0.497 e. The zero-order valence-corrected chi connectivity index (χ0v) is 15.8. The summed E-state index contributed by atoms with van der Waals surface area (Å²) >= 11 is 0. The van der Waals surface area contributed by atoms with Crippen molar-refractivity contribution >= 4 is 11.6 Å². The van der Waals surface area contributed by atoms with Crippen LogP contribution in [-0.4, -0.2) is 36.6 Å². The number of methoxy groups -OCH3 is 1. The summed E-state index contributed by atoms with van der Waals surface area (Å²) in [5.74, 6) is 1.03. The standard InChI is InChI=1S/C20H23N3O5/c1-13-18(4-3-11-21-13)22-20(24)17-12-14(23(25)26)5-10-19(17)28-16-8-6-15(27-2)7-9-16/h5-10,12-13,18,21H,3-4,11H2,1-2H3,(H,22,24). The van der Waals surface area contributed by atoms with Gasteiger partial charge in [-0.2, -0.15) is 0 Å². The van der Waals surface area contributed by atoms with Gasteiger partial charge in [0.15, 0.2) is 0 Å². The lowest BCUT2D eigenvalue weighted by atomic mass is 9.99. The van der Waals surface area contributed by atoms with Gasteiger partial charge in [-0.05, 0) is 56.6 Å². The van der Waals surface area contributed by atoms with Crippen molar-refractivity contribution in [2.75, 3.05) is 13.7 Å². The van der Waals surface area contributed by atoms with Crippen molar-refractivity contribution in [1.82, 2.24) is 10.6 Å². The van der Waals surface area contributed by atoms with E-state index in [-0.39, 0.29) is 29.1 Å². The van der Waals surface area contributed by atoms with Crippen LogP contribution in [0.15, 0.2) is 42.5 Å². The van der Waals surface area contributed by atoms with E-state index in [0.717, 1.165) is 19.4 Å². The summed E-state index contributed by atoms with van der Waals surface area (Å²) in [6.45, 7) is 2.92. The zero-order valence-electron chi connectivity index (χ0n) is 15.8. The molecule has 8 nitrogen and oxygen atoms in total. The number of hydrogen-bond donors (Lipinski definition) is 2. The first-order chi connectivity index (χ1) is 13.5. The van der Waals surface area contributed by atoms with E-state index in [1.807, 2.05) is 6.92 Å². The minimum absolute atomic E-state index is 0.0469. The van der Waals surface area contributed by atoms with Crippen LogP contribution >= 0.6 is 0 Å². The molecule has 2 unspecified atom stereocenters. The van der Waals surface area contributed by atoms with E-state index in [4.69, 9.17) is 9.47 Å². The van der Waals surface area contributed by atoms with Crippen LogP contribution in [0.3, 0.4) is 0 Å². The van der Waals surface area contributed by atoms with Gasteiger partial charge in [0.05, 0.1) is 17.6 Å². The lowest BCUT2D eigenvalue weighted by Crippen LogP contribution is -2.51. The third-order valence-corrected chi connectivity index (χ3v) is 4.78. The highest BCUT2D eigenvalue weighted by Gasteiger charge is 2.25. The Morgan fingerprint density at radius 1 is 1.21 bits per heavy atom. The number of nitro groups is 1. The molecule has 1 fully saturated rings. The molecular weight excluding hydrogens is 362 g/mol. The summed E-state index contributed by atoms with van der Waals surface area (Å²) < 4.78 is 10.9. The van der Waals surface area contributed by atoms with Crippen LogP contribution < -0.4 is 20.1 Å². The molecule has 3 rings (SSSR count). The molecule has 0 spiro atoms. The van der Waals surface area contributed by atoms with Crippen molar-refractivity contribution in [1.29, 1.82) is 0 Å². The van der Waals surface area contributed by atoms with Crippen molar-refractivity contribution in [3.63, 3.8) is 0 Å². The normalized spacial score (nSPS) is 18.9. The fourth-order valence-corrected chi connectivity index (χ4v) is 3.16. The maximum absolute atomic E-state index is 12.9. The third kappa shape index (κ3) is 4.58. The number of amides is 1. The van der Waals surface area contributed by atoms with Crippen LogP contribution in [0.1, 0.15) is 30.1 Å². The summed E-state index contributed by atoms with van der Waals surface area (Å²) in [6, 6.07) is 11.0. The quantitative estimate of drug-likeness (QED) is 0.584. The second-order valence-corrected chi connectivity index (χ2v) is 6.68. The van der Waals surface area contributed by atoms with E-state index < -0.39 is 10.8 Å². The van der Waals surface area contributed by atoms with Crippen LogP contribution in [0, 0.1) is 10.1 Å². The molecule has 2 aromatic carbocycles. The third-order valence-electron chi connectivity index (χ3n) is 4.78. The molecule has 2 atom stereocenters. The number of carbonyl (C=O) groups is 1. The predicted octanol–water partition coefficient (Wildman–Crippen LogP) is 3.27. The van der Waals surface area contributed by atoms with Gasteiger partial charge in [0.2, 0.25) is 0 Å². The van der Waals surface area contributed by atoms with E-state index in [1.165, 1.54) is 18.2 Å². The second-order valence-electron chi connectivity index (χ2n) is 6.68. The van der Waals surface area contributed by atoms with Crippen molar-refractivity contribution in [3.05, 3.63) is 58.1 Å². The first-order valence-electron chi connectivity index (χ1n) is 9.12. The average Bonchev–Trinajstić information content (AvgIpc) is 2.70. The van der Waals surface area contributed by atoms with Crippen molar-refractivity contribution < 1.29 is 19.2 Å². The fourth-order valence-electron chi connectivity index (χ4n) is 3.16. The molecule has 1 amide bonds. The molecule has 1 aliphatic heterocycles. The number of nitrogens with one attached hydrogen (secondary N) is 2. The maximum atomic E-state index is 12.9. The van der Waals surface area contributed by atoms with Crippen molar-refractivity contribution in [2.45, 2.75) is 31.8 Å². The molecule has 1 aliphatic rings. The molecule has 0 radical (unpaired) electrons. The first-order valence-corrected chi connectivity index (χ1v) is 9.12. The number of hydrogen-bond acceptors (Lipinski definition) is 6. The molecular formula is C20H23N3O5. The van der Waals surface area contributed by atoms with Gasteiger partial charge in [-0.1, -0.05) is 0 Å². The van der Waals surface area contributed by atoms with Crippen molar-refractivity contribution in [2.24, 2.45) is 0 Å². The summed E-state index contributed by atoms with van der Waals surface area (Å²) in [5.41, 5.74) is -0.0372. The van der Waals surface area contributed by atoms with Crippen LogP contribution in [0.25, 0.3) is 0 Å². The van der Waals surface area contributed by atoms with Crippen LogP contribution in [0.5, 0.6) is 17.2 Å². The molecule has 0 saturated carbocycles. The van der Waals surface area contributed by atoms with Crippen molar-refractivity contribution in [3.8, 4) is 17.2 Å². The lowest BCUT2D eigenvalue weighted by molar-refractivity contribution is -0.384. The zero-order chi connectivity index (χ0) is 20.1. The summed E-state index contributed by atoms with van der Waals surface area (Å²) in [4.78, 5) is 23.5. The highest BCUT2D eigenvalue weighted by Crippen LogP contribution is 2.30. The summed E-state index contributed by atoms with van der Waals surface area (Å²) in [5, 5.41) is 17.5. The molecule has 0 aliphatic carbocycles. The topological polar surface area (TPSA) is 103 Å². The highest BCUT2D eigenvalue weighted by atomic mass is 16.6. The molecule has 8 heteroatoms. The minimum atomic E-state index is -0.529. The number of nitrogens with zero attached hydrogens (tertiary/aromatic N) is 1. The second kappa shape index (κ2) is 8.71. The van der Waals surface area contributed by atoms with Gasteiger partial charge in [-0.3, -0.25) is 14.9 Å². The van der Waals surface area contributed by atoms with Gasteiger partial charge in [-0.15, -0.1) is 0 Å². The highest BCUT2D eigenvalue weighted by molar-refractivity contribution is 5.98. The minimum Gasteiger partial charge on any atom is -0.497 e. The average molecular weight is 385 g/mol. The summed E-state index contributed by atoms with van der Waals surface area (Å²) in [6.07, 6.45) is 1.81. The molecule has 0 aromatic heterocycles. The molecule has 28 heavy (non-hydrogen) atoms. The number of piperidine rings is 1. The van der Waals surface area contributed by atoms with Gasteiger partial charge in [-0.25, -0.2) is 0 Å². The molecule has 148 valence electrons. The lowest BCUT2D eigenvalue weighted by Gasteiger charge is -2.30. The van der Waals surface area contributed by atoms with Crippen LogP contribution in [0.4, 0.5) is 5.69 Å². The first kappa shape index (κ1) is 19.6. The molecule has 2 N–H and O–H groups in total. The number of nitro benzene ring substituents is 1. The Kier molecular flexibility index (Phi) is 6.10. The Labute approximate surface area is 163 Å². The van der Waals surface area contributed by atoms with E-state index in [0.29, 0.717) is 11.5 Å². The Morgan fingerprint density at radius 3 is 2.57 bits per heavy atom. The smallest absolute Gasteiger partial charge is 0.270 e. The monoisotopic (exact) mass is 385 g/mol. The Morgan fingerprint density at radius 2 is 1.93 bits per heavy atom. The molecule has 1 saturated heterocycles. The number of rotatable bonds is 6. The van der Waals surface area contributed by atoms with E-state index in [2.05, 4.69) is 10.6 Å². The van der Waals surface area contributed by atoms with E-state index >= 15 is 0 Å². The number of carbonyl (C=O) groups excluding carboxylic acids is 1. The number of non-ortho nitro benzene ring substituents is 1. The van der Waals surface area contributed by atoms with E-state index in [1.54, 1.807) is 31.4 Å². The Hall–Kier alpha value is -3.13. The predicted molar refractivity (Wildman–Crippen MR) is 104 cm³/mol. The van der Waals surface area contributed by atoms with Crippen LogP contribution in [-0.2, 0) is 0 Å². The van der Waals surface area contributed by atoms with Gasteiger partial charge in [0.1, 0.15) is 17.2 Å². The molecule has 0 bridgehead atoms. The molecule has 1 heterocycles. The fraction of sp³-hybridized carbons (Fsp3) is 0.350. The van der Waals surface area contributed by atoms with Gasteiger partial charge in [0, 0.05) is 24.2 Å². The summed E-state index contributed by atoms with van der Waals surface area (Å²) in [7, 11) is 1.57.